The number of hydrogen-bond donors (Lipinski definition) is 1. The first-order valence-electron chi connectivity index (χ1n) is 5.17. The van der Waals surface area contributed by atoms with E-state index in [0.29, 0.717) is 12.1 Å². The van der Waals surface area contributed by atoms with Gasteiger partial charge >= 0.3 is 0 Å². The molecule has 1 N–H and O–H groups in total. The summed E-state index contributed by atoms with van der Waals surface area (Å²) >= 11 is 0. The van der Waals surface area contributed by atoms with Crippen molar-refractivity contribution in [1.82, 2.24) is 5.32 Å². The molecule has 0 aliphatic carbocycles. The van der Waals surface area contributed by atoms with Crippen LogP contribution in [0.4, 0.5) is 0 Å². The number of rotatable bonds is 6. The highest BCUT2D eigenvalue weighted by molar-refractivity contribution is 4.71. The van der Waals surface area contributed by atoms with Gasteiger partial charge < -0.3 is 14.8 Å². The Morgan fingerprint density at radius 1 is 1.62 bits per heavy atom. The summed E-state index contributed by atoms with van der Waals surface area (Å²) in [5, 5.41) is 3.41. The average Bonchev–Trinajstić information content (AvgIpc) is 2.57. The Kier molecular flexibility index (Phi) is 5.35. The van der Waals surface area contributed by atoms with E-state index in [-0.39, 0.29) is 0 Å². The van der Waals surface area contributed by atoms with E-state index in [1.807, 2.05) is 0 Å². The molecule has 1 fully saturated rings. The molecule has 2 unspecified atom stereocenters. The minimum absolute atomic E-state index is 0.491. The smallest absolute Gasteiger partial charge is 0.0590 e. The second-order valence-electron chi connectivity index (χ2n) is 3.72. The summed E-state index contributed by atoms with van der Waals surface area (Å²) in [5.41, 5.74) is 0. The van der Waals surface area contributed by atoms with Crippen LogP contribution < -0.4 is 5.32 Å². The predicted octanol–water partition coefficient (Wildman–Crippen LogP) is 1.18. The van der Waals surface area contributed by atoms with E-state index in [4.69, 9.17) is 9.47 Å². The number of nitrogens with one attached hydrogen (secondary N) is 1. The van der Waals surface area contributed by atoms with Crippen molar-refractivity contribution in [1.29, 1.82) is 0 Å². The van der Waals surface area contributed by atoms with Crippen LogP contribution in [0.5, 0.6) is 0 Å². The van der Waals surface area contributed by atoms with Gasteiger partial charge in [-0.2, -0.15) is 0 Å². The van der Waals surface area contributed by atoms with Crippen molar-refractivity contribution in [3.63, 3.8) is 0 Å². The zero-order valence-electron chi connectivity index (χ0n) is 8.71. The van der Waals surface area contributed by atoms with Gasteiger partial charge in [0.15, 0.2) is 0 Å². The van der Waals surface area contributed by atoms with Crippen LogP contribution in [0.25, 0.3) is 0 Å². The van der Waals surface area contributed by atoms with Gasteiger partial charge in [-0.25, -0.2) is 0 Å². The minimum atomic E-state index is 0.491. The van der Waals surface area contributed by atoms with E-state index in [0.717, 1.165) is 26.2 Å². The van der Waals surface area contributed by atoms with Crippen molar-refractivity contribution < 1.29 is 9.47 Å². The summed E-state index contributed by atoms with van der Waals surface area (Å²) in [6.07, 6.45) is 4.08. The molecule has 0 saturated carbocycles. The lowest BCUT2D eigenvalue weighted by Gasteiger charge is -2.17. The maximum absolute atomic E-state index is 5.56. The molecule has 1 aliphatic heterocycles. The van der Waals surface area contributed by atoms with Crippen molar-refractivity contribution in [3.8, 4) is 0 Å². The van der Waals surface area contributed by atoms with Gasteiger partial charge in [0.1, 0.15) is 0 Å². The van der Waals surface area contributed by atoms with Crippen molar-refractivity contribution in [3.05, 3.63) is 0 Å². The van der Waals surface area contributed by atoms with E-state index in [9.17, 15) is 0 Å². The second-order valence-corrected chi connectivity index (χ2v) is 3.72. The molecule has 0 radical (unpaired) electrons. The molecule has 0 amide bonds. The number of ether oxygens (including phenoxy) is 2. The van der Waals surface area contributed by atoms with Crippen LogP contribution in [-0.2, 0) is 9.47 Å². The van der Waals surface area contributed by atoms with Gasteiger partial charge in [-0.3, -0.25) is 0 Å². The largest absolute Gasteiger partial charge is 0.383 e. The molecule has 1 rings (SSSR count). The van der Waals surface area contributed by atoms with Crippen molar-refractivity contribution >= 4 is 0 Å². The molecule has 13 heavy (non-hydrogen) atoms. The quantitative estimate of drug-likeness (QED) is 0.633. The third kappa shape index (κ3) is 4.60. The topological polar surface area (TPSA) is 30.5 Å². The van der Waals surface area contributed by atoms with Gasteiger partial charge in [-0.1, -0.05) is 0 Å². The monoisotopic (exact) mass is 187 g/mol. The van der Waals surface area contributed by atoms with Gasteiger partial charge in [-0.15, -0.1) is 0 Å². The van der Waals surface area contributed by atoms with Gasteiger partial charge in [0.05, 0.1) is 12.7 Å². The lowest BCUT2D eigenvalue weighted by Crippen LogP contribution is -2.32. The third-order valence-corrected chi connectivity index (χ3v) is 2.44. The fourth-order valence-electron chi connectivity index (χ4n) is 1.72. The number of methoxy groups -OCH3 is 1. The van der Waals surface area contributed by atoms with Crippen LogP contribution >= 0.6 is 0 Å². The predicted molar refractivity (Wildman–Crippen MR) is 52.9 cm³/mol. The molecule has 2 atom stereocenters. The molecule has 0 spiro atoms. The van der Waals surface area contributed by atoms with Crippen LogP contribution in [0, 0.1) is 0 Å². The molecule has 1 aliphatic rings. The highest BCUT2D eigenvalue weighted by Gasteiger charge is 2.17. The van der Waals surface area contributed by atoms with Crippen LogP contribution in [0.15, 0.2) is 0 Å². The lowest BCUT2D eigenvalue weighted by atomic mass is 10.1. The van der Waals surface area contributed by atoms with Crippen LogP contribution in [0.2, 0.25) is 0 Å². The maximum Gasteiger partial charge on any atom is 0.0590 e. The Morgan fingerprint density at radius 3 is 3.08 bits per heavy atom. The molecule has 1 heterocycles. The molecular formula is C10H21NO2. The molecule has 0 aromatic rings. The fourth-order valence-corrected chi connectivity index (χ4v) is 1.72. The van der Waals surface area contributed by atoms with Gasteiger partial charge in [-0.05, 0) is 26.2 Å². The SMILES string of the molecule is COCCNC(C)CC1CCCO1. The fraction of sp³-hybridized carbons (Fsp3) is 1.00. The summed E-state index contributed by atoms with van der Waals surface area (Å²) < 4.78 is 10.5. The molecular weight excluding hydrogens is 166 g/mol. The van der Waals surface area contributed by atoms with Gasteiger partial charge in [0, 0.05) is 26.3 Å². The molecule has 0 bridgehead atoms. The molecule has 0 aromatic carbocycles. The summed E-state index contributed by atoms with van der Waals surface area (Å²) in [5.74, 6) is 0. The third-order valence-electron chi connectivity index (χ3n) is 2.44. The lowest BCUT2D eigenvalue weighted by molar-refractivity contribution is 0.0950. The second kappa shape index (κ2) is 6.35. The van der Waals surface area contributed by atoms with Crippen molar-refractivity contribution in [2.45, 2.75) is 38.3 Å². The summed E-state index contributed by atoms with van der Waals surface area (Å²) in [4.78, 5) is 0. The Balaban J connectivity index is 1.99. The van der Waals surface area contributed by atoms with E-state index < -0.39 is 0 Å². The van der Waals surface area contributed by atoms with E-state index in [2.05, 4.69) is 12.2 Å². The van der Waals surface area contributed by atoms with Crippen LogP contribution in [-0.4, -0.2) is 39.0 Å². The standard InChI is InChI=1S/C10H21NO2/c1-9(11-5-7-12-2)8-10-4-3-6-13-10/h9-11H,3-8H2,1-2H3. The normalized spacial score (nSPS) is 24.9. The highest BCUT2D eigenvalue weighted by atomic mass is 16.5. The highest BCUT2D eigenvalue weighted by Crippen LogP contribution is 2.16. The van der Waals surface area contributed by atoms with Crippen LogP contribution in [0.1, 0.15) is 26.2 Å². The molecule has 3 nitrogen and oxygen atoms in total. The van der Waals surface area contributed by atoms with Crippen LogP contribution in [0.3, 0.4) is 0 Å². The van der Waals surface area contributed by atoms with Gasteiger partial charge in [0.25, 0.3) is 0 Å². The van der Waals surface area contributed by atoms with E-state index in [1.165, 1.54) is 12.8 Å². The van der Waals surface area contributed by atoms with Gasteiger partial charge in [0.2, 0.25) is 0 Å². The zero-order chi connectivity index (χ0) is 9.52. The Morgan fingerprint density at radius 2 is 2.46 bits per heavy atom. The van der Waals surface area contributed by atoms with E-state index >= 15 is 0 Å². The first kappa shape index (κ1) is 11.0. The summed E-state index contributed by atoms with van der Waals surface area (Å²) in [6.45, 7) is 4.88. The summed E-state index contributed by atoms with van der Waals surface area (Å²) in [7, 11) is 1.73. The van der Waals surface area contributed by atoms with Crippen molar-refractivity contribution in [2.75, 3.05) is 26.9 Å². The Labute approximate surface area is 80.8 Å². The zero-order valence-corrected chi connectivity index (χ0v) is 8.71. The van der Waals surface area contributed by atoms with Crippen molar-refractivity contribution in [2.24, 2.45) is 0 Å². The average molecular weight is 187 g/mol. The molecule has 78 valence electrons. The Bertz CT molecular complexity index is 124. The maximum atomic E-state index is 5.56. The molecule has 3 heteroatoms. The first-order chi connectivity index (χ1) is 6.33. The molecule has 0 aromatic heterocycles. The summed E-state index contributed by atoms with van der Waals surface area (Å²) in [6, 6.07) is 0.540. The molecule has 1 saturated heterocycles. The number of hydrogen-bond acceptors (Lipinski definition) is 3. The minimum Gasteiger partial charge on any atom is -0.383 e. The Hall–Kier alpha value is -0.120. The first-order valence-corrected chi connectivity index (χ1v) is 5.17. The van der Waals surface area contributed by atoms with E-state index in [1.54, 1.807) is 7.11 Å².